The van der Waals surface area contributed by atoms with Crippen LogP contribution in [-0.2, 0) is 0 Å². The monoisotopic (exact) mass is 269 g/mol. The molecule has 18 heavy (non-hydrogen) atoms. The van der Waals surface area contributed by atoms with Crippen LogP contribution < -0.4 is 5.32 Å². The van der Waals surface area contributed by atoms with E-state index in [1.807, 2.05) is 0 Å². The summed E-state index contributed by atoms with van der Waals surface area (Å²) in [5.74, 6) is 0.689. The Balaban J connectivity index is 2.18. The molecule has 2 heterocycles. The highest BCUT2D eigenvalue weighted by Crippen LogP contribution is 2.23. The van der Waals surface area contributed by atoms with Gasteiger partial charge in [0.05, 0.1) is 10.6 Å². The summed E-state index contributed by atoms with van der Waals surface area (Å²) >= 11 is 6.01. The molecule has 1 aromatic heterocycles. The summed E-state index contributed by atoms with van der Waals surface area (Å²) in [4.78, 5) is 18.1. The van der Waals surface area contributed by atoms with Crippen LogP contribution in [0.15, 0.2) is 12.3 Å². The van der Waals surface area contributed by atoms with Gasteiger partial charge in [-0.05, 0) is 12.5 Å². The maximum Gasteiger partial charge on any atom is 0.255 e. The second kappa shape index (κ2) is 5.54. The summed E-state index contributed by atoms with van der Waals surface area (Å²) in [6.45, 7) is 1.37. The molecule has 1 atom stereocenters. The zero-order valence-corrected chi connectivity index (χ0v) is 10.9. The number of anilines is 1. The number of pyridine rings is 1. The van der Waals surface area contributed by atoms with Gasteiger partial charge in [-0.25, -0.2) is 4.98 Å². The molecule has 6 heteroatoms. The summed E-state index contributed by atoms with van der Waals surface area (Å²) in [5, 5.41) is 12.3. The fourth-order valence-corrected chi connectivity index (χ4v) is 2.26. The Kier molecular flexibility index (Phi) is 4.04. The Bertz CT molecular complexity index is 453. The van der Waals surface area contributed by atoms with Gasteiger partial charge in [0, 0.05) is 38.9 Å². The molecule has 1 aliphatic heterocycles. The van der Waals surface area contributed by atoms with Gasteiger partial charge in [0.1, 0.15) is 5.82 Å². The molecule has 2 rings (SSSR count). The lowest BCUT2D eigenvalue weighted by molar-refractivity contribution is 0.0782. The van der Waals surface area contributed by atoms with E-state index in [-0.39, 0.29) is 18.4 Å². The van der Waals surface area contributed by atoms with Gasteiger partial charge < -0.3 is 15.3 Å². The van der Waals surface area contributed by atoms with E-state index in [0.29, 0.717) is 29.5 Å². The number of hydrogen-bond donors (Lipinski definition) is 2. The van der Waals surface area contributed by atoms with Gasteiger partial charge in [0.2, 0.25) is 0 Å². The van der Waals surface area contributed by atoms with E-state index in [1.54, 1.807) is 18.0 Å². The van der Waals surface area contributed by atoms with Crippen molar-refractivity contribution < 1.29 is 9.90 Å². The summed E-state index contributed by atoms with van der Waals surface area (Å²) in [6, 6.07) is 1.65. The molecule has 1 unspecified atom stereocenters. The Labute approximate surface area is 111 Å². The van der Waals surface area contributed by atoms with Gasteiger partial charge in [-0.2, -0.15) is 0 Å². The number of aromatic nitrogens is 1. The van der Waals surface area contributed by atoms with Crippen molar-refractivity contribution >= 4 is 23.3 Å². The molecular weight excluding hydrogens is 254 g/mol. The number of carbonyl (C=O) groups is 1. The fraction of sp³-hybridized carbons (Fsp3) is 0.500. The average molecular weight is 270 g/mol. The highest BCUT2D eigenvalue weighted by molar-refractivity contribution is 6.33. The Morgan fingerprint density at radius 2 is 2.50 bits per heavy atom. The quantitative estimate of drug-likeness (QED) is 0.866. The third-order valence-electron chi connectivity index (χ3n) is 3.17. The molecule has 1 aromatic rings. The van der Waals surface area contributed by atoms with Crippen LogP contribution in [0.3, 0.4) is 0 Å². The number of aliphatic hydroxyl groups is 1. The van der Waals surface area contributed by atoms with E-state index in [1.165, 1.54) is 6.20 Å². The largest absolute Gasteiger partial charge is 0.396 e. The number of halogens is 1. The number of carbonyl (C=O) groups excluding carboxylic acids is 1. The molecule has 1 aliphatic rings. The third-order valence-corrected chi connectivity index (χ3v) is 3.47. The summed E-state index contributed by atoms with van der Waals surface area (Å²) in [6.07, 6.45) is 2.31. The second-order valence-electron chi connectivity index (χ2n) is 4.39. The van der Waals surface area contributed by atoms with E-state index in [2.05, 4.69) is 10.3 Å². The van der Waals surface area contributed by atoms with Gasteiger partial charge in [-0.1, -0.05) is 11.6 Å². The lowest BCUT2D eigenvalue weighted by atomic mass is 10.1. The first kappa shape index (κ1) is 13.1. The molecule has 2 N–H and O–H groups in total. The molecule has 0 aromatic carbocycles. The summed E-state index contributed by atoms with van der Waals surface area (Å²) in [5.41, 5.74) is 0.453. The Hall–Kier alpha value is -1.33. The van der Waals surface area contributed by atoms with Crippen molar-refractivity contribution in [3.63, 3.8) is 0 Å². The smallest absolute Gasteiger partial charge is 0.255 e. The molecule has 0 saturated carbocycles. The van der Waals surface area contributed by atoms with E-state index >= 15 is 0 Å². The number of hydrogen-bond acceptors (Lipinski definition) is 4. The first-order chi connectivity index (χ1) is 8.65. The van der Waals surface area contributed by atoms with Crippen molar-refractivity contribution in [1.82, 2.24) is 9.88 Å². The molecule has 98 valence electrons. The van der Waals surface area contributed by atoms with Crippen LogP contribution in [0.25, 0.3) is 0 Å². The van der Waals surface area contributed by atoms with E-state index in [9.17, 15) is 4.79 Å². The first-order valence-electron chi connectivity index (χ1n) is 5.89. The fourth-order valence-electron chi connectivity index (χ4n) is 2.08. The molecule has 0 bridgehead atoms. The van der Waals surface area contributed by atoms with Crippen LogP contribution >= 0.6 is 11.6 Å². The van der Waals surface area contributed by atoms with Crippen LogP contribution in [0.4, 0.5) is 5.82 Å². The molecule has 0 aliphatic carbocycles. The zero-order valence-electron chi connectivity index (χ0n) is 10.2. The topological polar surface area (TPSA) is 65.5 Å². The standard InChI is InChI=1S/C12H16ClN3O2/c1-14-11-4-9(10(13)5-15-11)12(18)16-3-2-8(6-16)7-17/h4-5,8,17H,2-3,6-7H2,1H3,(H,14,15). The molecule has 1 fully saturated rings. The number of amides is 1. The molecule has 1 amide bonds. The number of nitrogens with one attached hydrogen (secondary N) is 1. The molecule has 0 radical (unpaired) electrons. The SMILES string of the molecule is CNc1cc(C(=O)N2CCC(CO)C2)c(Cl)cn1. The van der Waals surface area contributed by atoms with Crippen LogP contribution in [-0.4, -0.2) is 47.6 Å². The number of likely N-dealkylation sites (tertiary alicyclic amines) is 1. The molecular formula is C12H16ClN3O2. The van der Waals surface area contributed by atoms with Crippen LogP contribution in [0.2, 0.25) is 5.02 Å². The Morgan fingerprint density at radius 1 is 1.72 bits per heavy atom. The second-order valence-corrected chi connectivity index (χ2v) is 4.80. The van der Waals surface area contributed by atoms with E-state index in [0.717, 1.165) is 6.42 Å². The highest BCUT2D eigenvalue weighted by atomic mass is 35.5. The van der Waals surface area contributed by atoms with Crippen molar-refractivity contribution in [3.8, 4) is 0 Å². The normalized spacial score (nSPS) is 19.1. The molecule has 5 nitrogen and oxygen atoms in total. The van der Waals surface area contributed by atoms with E-state index < -0.39 is 0 Å². The average Bonchev–Trinajstić information content (AvgIpc) is 2.87. The lowest BCUT2D eigenvalue weighted by Gasteiger charge is -2.17. The van der Waals surface area contributed by atoms with Crippen molar-refractivity contribution in [3.05, 3.63) is 22.8 Å². The minimum atomic E-state index is -0.102. The lowest BCUT2D eigenvalue weighted by Crippen LogP contribution is -2.29. The van der Waals surface area contributed by atoms with Gasteiger partial charge in [0.25, 0.3) is 5.91 Å². The predicted molar refractivity (Wildman–Crippen MR) is 69.9 cm³/mol. The van der Waals surface area contributed by atoms with Crippen LogP contribution in [0.5, 0.6) is 0 Å². The van der Waals surface area contributed by atoms with Crippen molar-refractivity contribution in [2.75, 3.05) is 32.1 Å². The number of nitrogens with zero attached hydrogens (tertiary/aromatic N) is 2. The molecule has 0 spiro atoms. The minimum absolute atomic E-state index is 0.102. The minimum Gasteiger partial charge on any atom is -0.396 e. The van der Waals surface area contributed by atoms with Crippen LogP contribution in [0.1, 0.15) is 16.8 Å². The van der Waals surface area contributed by atoms with Gasteiger partial charge in [-0.15, -0.1) is 0 Å². The zero-order chi connectivity index (χ0) is 13.1. The van der Waals surface area contributed by atoms with E-state index in [4.69, 9.17) is 16.7 Å². The Morgan fingerprint density at radius 3 is 3.11 bits per heavy atom. The maximum absolute atomic E-state index is 12.3. The predicted octanol–water partition coefficient (Wildman–Crippen LogP) is 1.23. The van der Waals surface area contributed by atoms with Gasteiger partial charge in [0.15, 0.2) is 0 Å². The van der Waals surface area contributed by atoms with Gasteiger partial charge >= 0.3 is 0 Å². The number of rotatable bonds is 3. The summed E-state index contributed by atoms with van der Waals surface area (Å²) in [7, 11) is 1.74. The van der Waals surface area contributed by atoms with Crippen molar-refractivity contribution in [2.45, 2.75) is 6.42 Å². The van der Waals surface area contributed by atoms with Crippen molar-refractivity contribution in [2.24, 2.45) is 5.92 Å². The van der Waals surface area contributed by atoms with Gasteiger partial charge in [-0.3, -0.25) is 4.79 Å². The third kappa shape index (κ3) is 2.57. The molecule has 1 saturated heterocycles. The highest BCUT2D eigenvalue weighted by Gasteiger charge is 2.27. The number of aliphatic hydroxyl groups excluding tert-OH is 1. The summed E-state index contributed by atoms with van der Waals surface area (Å²) < 4.78 is 0. The van der Waals surface area contributed by atoms with Crippen LogP contribution in [0, 0.1) is 5.92 Å². The maximum atomic E-state index is 12.3. The first-order valence-corrected chi connectivity index (χ1v) is 6.27. The van der Waals surface area contributed by atoms with Crippen molar-refractivity contribution in [1.29, 1.82) is 0 Å².